The van der Waals surface area contributed by atoms with Gasteiger partial charge in [0, 0.05) is 64.7 Å². The van der Waals surface area contributed by atoms with Crippen LogP contribution in [0, 0.1) is 35.5 Å². The first-order chi connectivity index (χ1) is 31.9. The number of carbonyl (C=O) groups excluding carboxylic acids is 5. The lowest BCUT2D eigenvalue weighted by atomic mass is 9.78. The summed E-state index contributed by atoms with van der Waals surface area (Å²) >= 11 is 0. The van der Waals surface area contributed by atoms with Gasteiger partial charge in [-0.05, 0) is 107 Å². The lowest BCUT2D eigenvalue weighted by Gasteiger charge is -2.42. The SMILES string of the molecule is CO[C@@H]1C[C@H](C[C@@H](C)[C@@H]2CC(=O)[C@H](C)/C=C(\C)[C@@H](O)[C@@H](OC)C(=O)[C@H](C)C[C@H](C)/C=C/C=C/C=C(\C)C(O)C[C@@H]3CC[C@@H](C)[C@@](O)(O3)C(=O)C(=O)N3CCCC[C@H]3C(=O)O2)CC[C@H]1OP(C)(C)=O. The number of hydrogen-bond donors (Lipinski definition) is 3. The van der Waals surface area contributed by atoms with Gasteiger partial charge in [0.15, 0.2) is 13.2 Å². The number of amides is 1. The van der Waals surface area contributed by atoms with Crippen molar-refractivity contribution >= 4 is 36.6 Å². The van der Waals surface area contributed by atoms with Crippen molar-refractivity contribution in [2.45, 2.75) is 180 Å². The third-order valence-corrected chi connectivity index (χ3v) is 15.4. The molecule has 0 aromatic carbocycles. The van der Waals surface area contributed by atoms with Gasteiger partial charge in [0.25, 0.3) is 11.7 Å². The number of methoxy groups -OCH3 is 2. The number of piperidine rings is 1. The summed E-state index contributed by atoms with van der Waals surface area (Å²) in [4.78, 5) is 71.9. The summed E-state index contributed by atoms with van der Waals surface area (Å²) in [5.74, 6) is -8.39. The van der Waals surface area contributed by atoms with Gasteiger partial charge in [-0.1, -0.05) is 71.1 Å². The minimum atomic E-state index is -2.79. The molecule has 1 saturated carbocycles. The van der Waals surface area contributed by atoms with E-state index in [2.05, 4.69) is 0 Å². The summed E-state index contributed by atoms with van der Waals surface area (Å²) in [6, 6.07) is -1.18. The van der Waals surface area contributed by atoms with Crippen molar-refractivity contribution in [3.8, 4) is 0 Å². The minimum absolute atomic E-state index is 0.0125. The molecule has 15 atom stereocenters. The molecule has 4 aliphatic rings. The highest BCUT2D eigenvalue weighted by Gasteiger charge is 2.53. The van der Waals surface area contributed by atoms with E-state index in [9.17, 15) is 43.9 Å². The summed E-state index contributed by atoms with van der Waals surface area (Å²) in [5, 5.41) is 34.5. The molecule has 3 N–H and O–H groups in total. The van der Waals surface area contributed by atoms with Gasteiger partial charge >= 0.3 is 5.97 Å². The van der Waals surface area contributed by atoms with Crippen LogP contribution in [-0.2, 0) is 52.0 Å². The molecule has 0 spiro atoms. The average molecular weight is 976 g/mol. The van der Waals surface area contributed by atoms with Crippen molar-refractivity contribution < 1.29 is 67.3 Å². The van der Waals surface area contributed by atoms with Crippen LogP contribution in [0.15, 0.2) is 47.6 Å². The van der Waals surface area contributed by atoms with Gasteiger partial charge in [-0.15, -0.1) is 0 Å². The zero-order valence-electron chi connectivity index (χ0n) is 42.5. The summed E-state index contributed by atoms with van der Waals surface area (Å²) in [6.45, 7) is 15.6. The fourth-order valence-corrected chi connectivity index (χ4v) is 11.2. The molecule has 384 valence electrons. The van der Waals surface area contributed by atoms with Crippen molar-refractivity contribution in [3.63, 3.8) is 0 Å². The molecule has 16 heteroatoms. The summed E-state index contributed by atoms with van der Waals surface area (Å²) in [6.07, 6.45) is 9.71. The van der Waals surface area contributed by atoms with E-state index in [1.54, 1.807) is 73.3 Å². The quantitative estimate of drug-likeness (QED) is 0.101. The van der Waals surface area contributed by atoms with E-state index >= 15 is 0 Å². The zero-order valence-corrected chi connectivity index (χ0v) is 43.4. The number of ketones is 3. The van der Waals surface area contributed by atoms with Crippen LogP contribution in [-0.4, -0.2) is 138 Å². The van der Waals surface area contributed by atoms with Gasteiger partial charge in [-0.2, -0.15) is 0 Å². The molecule has 3 aliphatic heterocycles. The molecule has 0 aromatic heterocycles. The lowest BCUT2D eigenvalue weighted by molar-refractivity contribution is -0.265. The number of aliphatic hydroxyl groups is 3. The van der Waals surface area contributed by atoms with Crippen LogP contribution in [0.3, 0.4) is 0 Å². The molecule has 3 fully saturated rings. The number of fused-ring (bicyclic) bond motifs is 3. The highest BCUT2D eigenvalue weighted by atomic mass is 31.2. The van der Waals surface area contributed by atoms with Gasteiger partial charge in [-0.3, -0.25) is 23.7 Å². The average Bonchev–Trinajstić information content (AvgIpc) is 3.28. The molecule has 3 heterocycles. The predicted molar refractivity (Wildman–Crippen MR) is 259 cm³/mol. The smallest absolute Gasteiger partial charge is 0.329 e. The number of rotatable bonds is 7. The van der Waals surface area contributed by atoms with Crippen LogP contribution in [0.2, 0.25) is 0 Å². The number of carbonyl (C=O) groups is 5. The monoisotopic (exact) mass is 976 g/mol. The Bertz CT molecular complexity index is 1920. The topological polar surface area (TPSA) is 212 Å². The summed E-state index contributed by atoms with van der Waals surface area (Å²) in [5.41, 5.74) is 0.988. The fraction of sp³-hybridized carbons (Fsp3) is 0.750. The largest absolute Gasteiger partial charge is 0.460 e. The number of hydrogen-bond acceptors (Lipinski definition) is 14. The molecular formula is C52H82NO14P. The Labute approximate surface area is 404 Å². The van der Waals surface area contributed by atoms with Crippen LogP contribution in [0.4, 0.5) is 0 Å². The van der Waals surface area contributed by atoms with Gasteiger partial charge in [0.1, 0.15) is 30.1 Å². The van der Waals surface area contributed by atoms with Crippen LogP contribution in [0.5, 0.6) is 0 Å². The van der Waals surface area contributed by atoms with Crippen LogP contribution < -0.4 is 0 Å². The molecule has 15 nitrogen and oxygen atoms in total. The molecule has 1 aliphatic carbocycles. The Kier molecular flexibility index (Phi) is 21.8. The number of allylic oxidation sites excluding steroid dienone is 6. The van der Waals surface area contributed by atoms with E-state index in [4.69, 9.17) is 23.5 Å². The molecule has 1 amide bonds. The van der Waals surface area contributed by atoms with Crippen molar-refractivity contribution in [1.29, 1.82) is 0 Å². The van der Waals surface area contributed by atoms with Crippen LogP contribution in [0.25, 0.3) is 0 Å². The molecule has 0 aromatic rings. The second-order valence-corrected chi connectivity index (χ2v) is 23.4. The zero-order chi connectivity index (χ0) is 50.7. The number of aliphatic hydroxyl groups excluding tert-OH is 2. The maximum absolute atomic E-state index is 14.4. The molecule has 68 heavy (non-hydrogen) atoms. The molecule has 1 unspecified atom stereocenters. The Morgan fingerprint density at radius 2 is 1.57 bits per heavy atom. The Balaban J connectivity index is 1.69. The Morgan fingerprint density at radius 1 is 0.868 bits per heavy atom. The third kappa shape index (κ3) is 15.7. The third-order valence-electron chi connectivity index (χ3n) is 14.6. The van der Waals surface area contributed by atoms with Crippen molar-refractivity contribution in [3.05, 3.63) is 47.6 Å². The first-order valence-electron chi connectivity index (χ1n) is 24.8. The molecule has 4 rings (SSSR count). The maximum atomic E-state index is 14.4. The van der Waals surface area contributed by atoms with E-state index in [-0.39, 0.29) is 67.3 Å². The fourth-order valence-electron chi connectivity index (χ4n) is 10.3. The number of esters is 1. The second-order valence-electron chi connectivity index (χ2n) is 20.7. The number of cyclic esters (lactones) is 1. The van der Waals surface area contributed by atoms with Crippen molar-refractivity contribution in [2.24, 2.45) is 35.5 Å². The molecule has 2 saturated heterocycles. The maximum Gasteiger partial charge on any atom is 0.329 e. The minimum Gasteiger partial charge on any atom is -0.460 e. The van der Waals surface area contributed by atoms with Crippen molar-refractivity contribution in [1.82, 2.24) is 4.90 Å². The Hall–Kier alpha value is -3.14. The van der Waals surface area contributed by atoms with E-state index in [1.807, 2.05) is 32.1 Å². The van der Waals surface area contributed by atoms with Gasteiger partial charge in [0.05, 0.1) is 24.4 Å². The molecule has 0 radical (unpaired) electrons. The molecular weight excluding hydrogens is 894 g/mol. The van der Waals surface area contributed by atoms with E-state index < -0.39 is 85.1 Å². The lowest BCUT2D eigenvalue weighted by Crippen LogP contribution is -2.61. The number of Topliss-reactive ketones (excluding diaryl/α,β-unsaturated/α-hetero) is 3. The van der Waals surface area contributed by atoms with Crippen LogP contribution in [0.1, 0.15) is 126 Å². The van der Waals surface area contributed by atoms with E-state index in [0.29, 0.717) is 62.5 Å². The van der Waals surface area contributed by atoms with Crippen molar-refractivity contribution in [2.75, 3.05) is 34.1 Å². The van der Waals surface area contributed by atoms with Gasteiger partial charge in [0.2, 0.25) is 5.79 Å². The normalized spacial score (nSPS) is 39.4. The summed E-state index contributed by atoms with van der Waals surface area (Å²) in [7, 11) is 0.163. The van der Waals surface area contributed by atoms with E-state index in [0.717, 1.165) is 11.3 Å². The standard InChI is InChI=1S/C52H82NO14P/c1-31-17-13-12-14-18-32(2)41(54)29-39-22-20-37(7)52(61,66-39)49(58)50(59)53-24-16-15-19-40(53)51(60)65-44(34(4)27-38-21-23-43(45(28-38)63-8)67-68(10,11)62)30-42(55)33(3)26-36(6)47(57)48(64-9)46(56)35(5)25-31/h12-14,17-18,26,31,33-35,37-41,43-45,47-48,54,57,61H,15-16,19-25,27-30H2,1-11H3/b14-12+,17-13+,32-18+,36-26+/t31-,33-,34-,35-,37-,38+,39+,40+,41?,43-,44+,45-,47-,48+,52-/m1/s1. The first kappa shape index (κ1) is 57.4. The number of ether oxygens (including phenoxy) is 4. The van der Waals surface area contributed by atoms with E-state index in [1.165, 1.54) is 7.11 Å². The highest BCUT2D eigenvalue weighted by molar-refractivity contribution is 7.57. The molecule has 2 bridgehead atoms. The summed E-state index contributed by atoms with van der Waals surface area (Å²) < 4.78 is 42.2. The van der Waals surface area contributed by atoms with Gasteiger partial charge < -0.3 is 43.7 Å². The van der Waals surface area contributed by atoms with Crippen LogP contribution >= 0.6 is 7.37 Å². The van der Waals surface area contributed by atoms with Gasteiger partial charge in [-0.25, -0.2) is 4.79 Å². The highest BCUT2D eigenvalue weighted by Crippen LogP contribution is 2.44. The Morgan fingerprint density at radius 3 is 2.24 bits per heavy atom. The predicted octanol–water partition coefficient (Wildman–Crippen LogP) is 7.09. The number of nitrogens with zero attached hydrogens (tertiary/aromatic N) is 1. The second kappa shape index (κ2) is 25.8. The first-order valence-corrected chi connectivity index (χ1v) is 27.3.